The number of nitro benzene ring substituents is 1. The minimum Gasteiger partial charge on any atom is -0.477 e. The summed E-state index contributed by atoms with van der Waals surface area (Å²) in [5.41, 5.74) is -0.150. The monoisotopic (exact) mass is 355 g/mol. The number of hydrogen-bond acceptors (Lipinski definition) is 6. The van der Waals surface area contributed by atoms with Crippen LogP contribution in [0.4, 0.5) is 5.69 Å². The molecule has 2 rings (SSSR count). The van der Waals surface area contributed by atoms with Gasteiger partial charge in [0.2, 0.25) is 0 Å². The molecule has 0 aliphatic carbocycles. The van der Waals surface area contributed by atoms with Crippen molar-refractivity contribution in [2.75, 3.05) is 51.3 Å². The first-order chi connectivity index (χ1) is 11.5. The minimum atomic E-state index is -0.812. The third-order valence-corrected chi connectivity index (χ3v) is 4.59. The number of rotatable bonds is 7. The Hall–Kier alpha value is -2.00. The van der Waals surface area contributed by atoms with Crippen molar-refractivity contribution in [1.29, 1.82) is 0 Å². The Kier molecular flexibility index (Phi) is 6.68. The van der Waals surface area contributed by atoms with Crippen molar-refractivity contribution < 1.29 is 18.7 Å². The molecule has 1 atom stereocenters. The van der Waals surface area contributed by atoms with Crippen LogP contribution in [0.5, 0.6) is 5.75 Å². The van der Waals surface area contributed by atoms with Crippen LogP contribution in [0.1, 0.15) is 0 Å². The Morgan fingerprint density at radius 3 is 2.58 bits per heavy atom. The van der Waals surface area contributed by atoms with Gasteiger partial charge in [-0.05, 0) is 6.07 Å². The molecule has 1 aliphatic rings. The third-order valence-electron chi connectivity index (χ3n) is 3.83. The maximum atomic E-state index is 12.2. The summed E-state index contributed by atoms with van der Waals surface area (Å²) in [6, 6.07) is 6.00. The third kappa shape index (κ3) is 5.27. The molecule has 1 heterocycles. The lowest BCUT2D eigenvalue weighted by Gasteiger charge is -2.34. The van der Waals surface area contributed by atoms with E-state index in [2.05, 4.69) is 4.90 Å². The van der Waals surface area contributed by atoms with Crippen LogP contribution in [0.25, 0.3) is 0 Å². The molecule has 8 nitrogen and oxygen atoms in total. The van der Waals surface area contributed by atoms with Gasteiger partial charge in [0.05, 0.1) is 4.92 Å². The normalized spacial score (nSPS) is 16.6. The number of nitro groups is 1. The van der Waals surface area contributed by atoms with Crippen molar-refractivity contribution in [3.8, 4) is 5.75 Å². The summed E-state index contributed by atoms with van der Waals surface area (Å²) in [7, 11) is -0.812. The molecular formula is C15H21N3O5S. The molecular weight excluding hydrogens is 334 g/mol. The van der Waals surface area contributed by atoms with Crippen LogP contribution in [-0.2, 0) is 15.6 Å². The fourth-order valence-corrected chi connectivity index (χ4v) is 2.95. The predicted octanol–water partition coefficient (Wildman–Crippen LogP) is 0.496. The predicted molar refractivity (Wildman–Crippen MR) is 90.5 cm³/mol. The van der Waals surface area contributed by atoms with Crippen LogP contribution in [0.3, 0.4) is 0 Å². The number of hydrogen-bond donors (Lipinski definition) is 0. The lowest BCUT2D eigenvalue weighted by atomic mass is 10.3. The molecule has 1 saturated heterocycles. The fraction of sp³-hybridized carbons (Fsp3) is 0.533. The highest BCUT2D eigenvalue weighted by atomic mass is 32.2. The van der Waals surface area contributed by atoms with Crippen molar-refractivity contribution in [2.45, 2.75) is 0 Å². The van der Waals surface area contributed by atoms with E-state index in [0.29, 0.717) is 18.8 Å². The molecule has 1 aliphatic heterocycles. The second kappa shape index (κ2) is 8.74. The zero-order valence-electron chi connectivity index (χ0n) is 13.6. The van der Waals surface area contributed by atoms with Crippen molar-refractivity contribution in [1.82, 2.24) is 9.80 Å². The molecule has 0 spiro atoms. The molecule has 132 valence electrons. The van der Waals surface area contributed by atoms with Gasteiger partial charge in [0, 0.05) is 61.6 Å². The van der Waals surface area contributed by atoms with Gasteiger partial charge in [0.1, 0.15) is 0 Å². The Balaban J connectivity index is 1.80. The first kappa shape index (κ1) is 18.3. The van der Waals surface area contributed by atoms with Gasteiger partial charge >= 0.3 is 5.69 Å². The quantitative estimate of drug-likeness (QED) is 0.522. The molecule has 1 aromatic rings. The van der Waals surface area contributed by atoms with Gasteiger partial charge in [-0.3, -0.25) is 24.0 Å². The number of ether oxygens (including phenoxy) is 1. The highest BCUT2D eigenvalue weighted by Gasteiger charge is 2.22. The van der Waals surface area contributed by atoms with E-state index in [9.17, 15) is 19.1 Å². The molecule has 0 N–H and O–H groups in total. The van der Waals surface area contributed by atoms with E-state index in [1.807, 2.05) is 0 Å². The average Bonchev–Trinajstić information content (AvgIpc) is 2.58. The lowest BCUT2D eigenvalue weighted by molar-refractivity contribution is -0.385. The first-order valence-corrected chi connectivity index (χ1v) is 9.36. The average molecular weight is 355 g/mol. The number of carbonyl (C=O) groups excluding carboxylic acids is 1. The molecule has 1 amide bonds. The minimum absolute atomic E-state index is 0.0971. The summed E-state index contributed by atoms with van der Waals surface area (Å²) in [6.45, 7) is 3.16. The van der Waals surface area contributed by atoms with Crippen LogP contribution in [0.15, 0.2) is 24.3 Å². The molecule has 1 unspecified atom stereocenters. The van der Waals surface area contributed by atoms with Crippen LogP contribution < -0.4 is 4.74 Å². The second-order valence-electron chi connectivity index (χ2n) is 5.51. The SMILES string of the molecule is CS(=O)CCN1CCN(C(=O)COc2ccccc2[N+](=O)[O-])CC1. The van der Waals surface area contributed by atoms with Gasteiger partial charge in [-0.15, -0.1) is 0 Å². The van der Waals surface area contributed by atoms with E-state index in [4.69, 9.17) is 4.74 Å². The summed E-state index contributed by atoms with van der Waals surface area (Å²) in [5, 5.41) is 10.9. The Bertz CT molecular complexity index is 617. The van der Waals surface area contributed by atoms with E-state index < -0.39 is 15.7 Å². The Morgan fingerprint density at radius 1 is 1.29 bits per heavy atom. The molecule has 1 aromatic carbocycles. The van der Waals surface area contributed by atoms with Crippen molar-refractivity contribution in [3.05, 3.63) is 34.4 Å². The maximum absolute atomic E-state index is 12.2. The van der Waals surface area contributed by atoms with E-state index in [1.165, 1.54) is 12.1 Å². The van der Waals surface area contributed by atoms with Crippen molar-refractivity contribution in [3.63, 3.8) is 0 Å². The summed E-state index contributed by atoms with van der Waals surface area (Å²) < 4.78 is 16.4. The Labute approximate surface area is 143 Å². The van der Waals surface area contributed by atoms with Crippen LogP contribution in [-0.4, -0.2) is 76.2 Å². The molecule has 1 fully saturated rings. The standard InChI is InChI=1S/C15H21N3O5S/c1-24(22)11-10-16-6-8-17(9-7-16)15(19)12-23-14-5-3-2-4-13(14)18(20)21/h2-5H,6-12H2,1H3. The van der Waals surface area contributed by atoms with Crippen molar-refractivity contribution in [2.24, 2.45) is 0 Å². The van der Waals surface area contributed by atoms with Crippen LogP contribution in [0, 0.1) is 10.1 Å². The molecule has 24 heavy (non-hydrogen) atoms. The van der Waals surface area contributed by atoms with Gasteiger partial charge in [0.25, 0.3) is 5.91 Å². The fourth-order valence-electron chi connectivity index (χ4n) is 2.44. The zero-order valence-corrected chi connectivity index (χ0v) is 14.4. The van der Waals surface area contributed by atoms with Gasteiger partial charge in [-0.25, -0.2) is 0 Å². The van der Waals surface area contributed by atoms with Gasteiger partial charge in [-0.2, -0.15) is 0 Å². The van der Waals surface area contributed by atoms with Gasteiger partial charge < -0.3 is 9.64 Å². The largest absolute Gasteiger partial charge is 0.477 e. The zero-order chi connectivity index (χ0) is 17.5. The molecule has 0 bridgehead atoms. The smallest absolute Gasteiger partial charge is 0.310 e. The summed E-state index contributed by atoms with van der Waals surface area (Å²) in [4.78, 5) is 26.4. The number of benzene rings is 1. The van der Waals surface area contributed by atoms with E-state index in [0.717, 1.165) is 19.6 Å². The molecule has 9 heteroatoms. The summed E-state index contributed by atoms with van der Waals surface area (Å²) in [5.74, 6) is 0.543. The maximum Gasteiger partial charge on any atom is 0.310 e. The van der Waals surface area contributed by atoms with E-state index in [1.54, 1.807) is 23.3 Å². The number of para-hydroxylation sites is 2. The number of carbonyl (C=O) groups is 1. The van der Waals surface area contributed by atoms with Crippen molar-refractivity contribution >= 4 is 22.4 Å². The van der Waals surface area contributed by atoms with Crippen LogP contribution >= 0.6 is 0 Å². The Morgan fingerprint density at radius 2 is 1.96 bits per heavy atom. The van der Waals surface area contributed by atoms with E-state index in [-0.39, 0.29) is 24.0 Å². The highest BCUT2D eigenvalue weighted by Crippen LogP contribution is 2.25. The summed E-state index contributed by atoms with van der Waals surface area (Å²) >= 11 is 0. The van der Waals surface area contributed by atoms with Crippen LogP contribution in [0.2, 0.25) is 0 Å². The van der Waals surface area contributed by atoms with Gasteiger partial charge in [-0.1, -0.05) is 12.1 Å². The number of piperazine rings is 1. The second-order valence-corrected chi connectivity index (χ2v) is 7.07. The molecule has 0 radical (unpaired) electrons. The topological polar surface area (TPSA) is 93.0 Å². The van der Waals surface area contributed by atoms with Gasteiger partial charge in [0.15, 0.2) is 12.4 Å². The number of amides is 1. The summed E-state index contributed by atoms with van der Waals surface area (Å²) in [6.07, 6.45) is 1.68. The molecule has 0 aromatic heterocycles. The van der Waals surface area contributed by atoms with E-state index >= 15 is 0 Å². The molecule has 0 saturated carbocycles. The lowest BCUT2D eigenvalue weighted by Crippen LogP contribution is -2.50. The highest BCUT2D eigenvalue weighted by molar-refractivity contribution is 7.84. The number of nitrogens with zero attached hydrogens (tertiary/aromatic N) is 3. The first-order valence-electron chi connectivity index (χ1n) is 7.63.